The summed E-state index contributed by atoms with van der Waals surface area (Å²) in [5, 5.41) is 0. The molecule has 7 heavy (non-hydrogen) atoms. The zero-order valence-corrected chi connectivity index (χ0v) is 5.00. The van der Waals surface area contributed by atoms with Gasteiger partial charge in [-0.1, -0.05) is 13.8 Å². The first-order valence-electron chi connectivity index (χ1n) is 2.47. The van der Waals surface area contributed by atoms with E-state index in [2.05, 4.69) is 6.92 Å². The van der Waals surface area contributed by atoms with Crippen molar-refractivity contribution in [3.05, 3.63) is 6.92 Å². The fourth-order valence-electron chi connectivity index (χ4n) is 0.256. The van der Waals surface area contributed by atoms with Crippen LogP contribution in [0.1, 0.15) is 20.3 Å². The van der Waals surface area contributed by atoms with Gasteiger partial charge in [0.15, 0.2) is 0 Å². The number of hydrogen-bond acceptors (Lipinski definition) is 0. The van der Waals surface area contributed by atoms with E-state index in [1.165, 1.54) is 0 Å². The maximum atomic E-state index is 11.4. The van der Waals surface area contributed by atoms with E-state index in [-0.39, 0.29) is 12.1 Å². The van der Waals surface area contributed by atoms with Crippen molar-refractivity contribution in [2.75, 3.05) is 6.67 Å². The Bertz CT molecular complexity index is 42.6. The Morgan fingerprint density at radius 2 is 2.00 bits per heavy atom. The monoisotopic (exact) mass is 103 g/mol. The molecule has 0 spiro atoms. The Kier molecular flexibility index (Phi) is 2.27. The number of hydrogen-bond donors (Lipinski definition) is 0. The molecule has 0 unspecified atom stereocenters. The van der Waals surface area contributed by atoms with Crippen LogP contribution in [0.3, 0.4) is 0 Å². The van der Waals surface area contributed by atoms with E-state index in [1.54, 1.807) is 0 Å². The summed E-state index contributed by atoms with van der Waals surface area (Å²) in [5.41, 5.74) is -0.0747. The predicted octanol–water partition coefficient (Wildman–Crippen LogP) is 2.21. The fraction of sp³-hybridized carbons (Fsp3) is 0.833. The first-order chi connectivity index (χ1) is 3.06. The number of rotatable bonds is 2. The van der Waals surface area contributed by atoms with Crippen LogP contribution in [0, 0.1) is 12.3 Å². The number of alkyl halides is 1. The molecule has 1 heteroatoms. The van der Waals surface area contributed by atoms with Crippen molar-refractivity contribution in [1.29, 1.82) is 0 Å². The molecule has 0 aliphatic heterocycles. The van der Waals surface area contributed by atoms with Gasteiger partial charge >= 0.3 is 0 Å². The Hall–Kier alpha value is -0.0700. The minimum atomic E-state index is -0.253. The average molecular weight is 103 g/mol. The lowest BCUT2D eigenvalue weighted by molar-refractivity contribution is 0.350. The van der Waals surface area contributed by atoms with E-state index in [4.69, 9.17) is 0 Å². The second-order valence-electron chi connectivity index (χ2n) is 2.60. The van der Waals surface area contributed by atoms with E-state index >= 15 is 0 Å². The third kappa shape index (κ3) is 5.93. The van der Waals surface area contributed by atoms with Gasteiger partial charge in [-0.25, -0.2) is 0 Å². The summed E-state index contributed by atoms with van der Waals surface area (Å²) in [7, 11) is 0. The minimum Gasteiger partial charge on any atom is -0.251 e. The topological polar surface area (TPSA) is 0 Å². The van der Waals surface area contributed by atoms with Gasteiger partial charge in [0.05, 0.1) is 6.67 Å². The van der Waals surface area contributed by atoms with Crippen molar-refractivity contribution >= 4 is 0 Å². The second-order valence-corrected chi connectivity index (χ2v) is 2.60. The molecule has 0 aliphatic rings. The zero-order valence-electron chi connectivity index (χ0n) is 5.00. The van der Waals surface area contributed by atoms with Gasteiger partial charge in [0.2, 0.25) is 0 Å². The van der Waals surface area contributed by atoms with E-state index in [1.807, 2.05) is 13.8 Å². The number of halogens is 1. The van der Waals surface area contributed by atoms with Crippen molar-refractivity contribution in [2.24, 2.45) is 5.41 Å². The largest absolute Gasteiger partial charge is 0.251 e. The molecule has 0 aromatic heterocycles. The highest BCUT2D eigenvalue weighted by Gasteiger charge is 2.07. The lowest BCUT2D eigenvalue weighted by atomic mass is 9.93. The molecule has 0 N–H and O–H groups in total. The summed E-state index contributed by atoms with van der Waals surface area (Å²) in [6.07, 6.45) is 0.562. The van der Waals surface area contributed by atoms with Crippen molar-refractivity contribution in [3.8, 4) is 0 Å². The molecule has 0 saturated heterocycles. The highest BCUT2D eigenvalue weighted by atomic mass is 19.1. The van der Waals surface area contributed by atoms with Gasteiger partial charge in [-0.3, -0.25) is 4.39 Å². The molecule has 0 atom stereocenters. The molecule has 1 radical (unpaired) electrons. The Morgan fingerprint density at radius 1 is 1.57 bits per heavy atom. The quantitative estimate of drug-likeness (QED) is 0.502. The van der Waals surface area contributed by atoms with Crippen molar-refractivity contribution in [1.82, 2.24) is 0 Å². The zero-order chi connectivity index (χ0) is 5.91. The molecule has 0 bridgehead atoms. The SMILES string of the molecule is [CH2]C(C)(C)CCF. The Labute approximate surface area is 44.7 Å². The molecule has 0 heterocycles. The van der Waals surface area contributed by atoms with E-state index in [0.717, 1.165) is 0 Å². The first-order valence-corrected chi connectivity index (χ1v) is 2.47. The van der Waals surface area contributed by atoms with E-state index < -0.39 is 0 Å². The van der Waals surface area contributed by atoms with Crippen LogP contribution in [0.5, 0.6) is 0 Å². The standard InChI is InChI=1S/C6H12F/c1-6(2,3)4-5-7/h1,4-5H2,2-3H3. The van der Waals surface area contributed by atoms with Gasteiger partial charge < -0.3 is 0 Å². The van der Waals surface area contributed by atoms with Gasteiger partial charge in [-0.2, -0.15) is 0 Å². The van der Waals surface area contributed by atoms with Crippen LogP contribution in [-0.2, 0) is 0 Å². The molecule has 0 fully saturated rings. The van der Waals surface area contributed by atoms with Crippen LogP contribution in [-0.4, -0.2) is 6.67 Å². The minimum absolute atomic E-state index is 0.0747. The normalized spacial score (nSPS) is 12.0. The maximum absolute atomic E-state index is 11.4. The van der Waals surface area contributed by atoms with Crippen LogP contribution in [0.15, 0.2) is 0 Å². The first kappa shape index (κ1) is 6.93. The molecule has 43 valence electrons. The third-order valence-electron chi connectivity index (χ3n) is 0.771. The van der Waals surface area contributed by atoms with Crippen molar-refractivity contribution in [3.63, 3.8) is 0 Å². The molecular formula is C6H12F. The van der Waals surface area contributed by atoms with Gasteiger partial charge in [0.1, 0.15) is 0 Å². The summed E-state index contributed by atoms with van der Waals surface area (Å²) >= 11 is 0. The molecule has 0 saturated carbocycles. The molecule has 0 amide bonds. The fourth-order valence-corrected chi connectivity index (χ4v) is 0.256. The van der Waals surface area contributed by atoms with E-state index in [9.17, 15) is 4.39 Å². The molecule has 0 aromatic rings. The molecule has 0 rings (SSSR count). The predicted molar refractivity (Wildman–Crippen MR) is 29.7 cm³/mol. The summed E-state index contributed by atoms with van der Waals surface area (Å²) in [6.45, 7) is 7.31. The van der Waals surface area contributed by atoms with Gasteiger partial charge in [-0.05, 0) is 18.8 Å². The highest BCUT2D eigenvalue weighted by Crippen LogP contribution is 2.16. The summed E-state index contributed by atoms with van der Waals surface area (Å²) < 4.78 is 11.4. The summed E-state index contributed by atoms with van der Waals surface area (Å²) in [4.78, 5) is 0. The molecular weight excluding hydrogens is 91.1 g/mol. The second kappa shape index (κ2) is 2.29. The summed E-state index contributed by atoms with van der Waals surface area (Å²) in [6, 6.07) is 0. The highest BCUT2D eigenvalue weighted by molar-refractivity contribution is 4.68. The van der Waals surface area contributed by atoms with Crippen LogP contribution in [0.4, 0.5) is 4.39 Å². The Balaban J connectivity index is 3.15. The van der Waals surface area contributed by atoms with Gasteiger partial charge in [-0.15, -0.1) is 0 Å². The van der Waals surface area contributed by atoms with Crippen molar-refractivity contribution in [2.45, 2.75) is 20.3 Å². The van der Waals surface area contributed by atoms with Crippen LogP contribution in [0.25, 0.3) is 0 Å². The van der Waals surface area contributed by atoms with Crippen LogP contribution in [0.2, 0.25) is 0 Å². The lowest BCUT2D eigenvalue weighted by Gasteiger charge is -2.13. The molecule has 0 aromatic carbocycles. The van der Waals surface area contributed by atoms with Crippen LogP contribution < -0.4 is 0 Å². The third-order valence-corrected chi connectivity index (χ3v) is 0.771. The van der Waals surface area contributed by atoms with Crippen LogP contribution >= 0.6 is 0 Å². The average Bonchev–Trinajstić information content (AvgIpc) is 1.30. The lowest BCUT2D eigenvalue weighted by Crippen LogP contribution is -2.05. The molecule has 0 aliphatic carbocycles. The Morgan fingerprint density at radius 3 is 2.00 bits per heavy atom. The van der Waals surface area contributed by atoms with E-state index in [0.29, 0.717) is 6.42 Å². The van der Waals surface area contributed by atoms with Gasteiger partial charge in [0, 0.05) is 0 Å². The smallest absolute Gasteiger partial charge is 0.0899 e. The maximum Gasteiger partial charge on any atom is 0.0899 e. The molecule has 0 nitrogen and oxygen atoms in total. The summed E-state index contributed by atoms with van der Waals surface area (Å²) in [5.74, 6) is 0. The van der Waals surface area contributed by atoms with Gasteiger partial charge in [0.25, 0.3) is 0 Å². The van der Waals surface area contributed by atoms with Crippen molar-refractivity contribution < 1.29 is 4.39 Å².